The molecule has 0 unspecified atom stereocenters. The molecule has 0 aromatic heterocycles. The lowest BCUT2D eigenvalue weighted by Crippen LogP contribution is -2.30. The van der Waals surface area contributed by atoms with Gasteiger partial charge in [-0.05, 0) is 12.8 Å². The molecule has 0 atom stereocenters. The Hall–Kier alpha value is -2.02. The number of aromatic hydroxyl groups is 2. The van der Waals surface area contributed by atoms with Crippen molar-refractivity contribution in [3.8, 4) is 11.5 Å². The minimum absolute atomic E-state index is 0.156. The van der Waals surface area contributed by atoms with E-state index in [1.54, 1.807) is 0 Å². The molecule has 0 radical (unpaired) electrons. The van der Waals surface area contributed by atoms with Crippen LogP contribution < -0.4 is 21.0 Å². The van der Waals surface area contributed by atoms with E-state index < -0.39 is 25.0 Å². The first-order chi connectivity index (χ1) is 10.7. The van der Waals surface area contributed by atoms with Crippen LogP contribution in [0.3, 0.4) is 0 Å². The van der Waals surface area contributed by atoms with E-state index in [0.717, 1.165) is 18.6 Å². The number of benzene rings is 1. The lowest BCUT2D eigenvalue weighted by Gasteiger charge is -2.29. The van der Waals surface area contributed by atoms with Gasteiger partial charge in [0.25, 0.3) is 0 Å². The second kappa shape index (κ2) is 8.01. The van der Waals surface area contributed by atoms with Crippen molar-refractivity contribution in [2.45, 2.75) is 26.7 Å². The largest absolute Gasteiger partial charge is 0.504 e. The van der Waals surface area contributed by atoms with Crippen molar-refractivity contribution in [2.24, 2.45) is 11.0 Å². The maximum absolute atomic E-state index is 12.2. The molecule has 7 N–H and O–H groups in total. The van der Waals surface area contributed by atoms with Gasteiger partial charge in [0.2, 0.25) is 5.91 Å². The van der Waals surface area contributed by atoms with Gasteiger partial charge in [-0.25, -0.2) is 0 Å². The van der Waals surface area contributed by atoms with Crippen LogP contribution in [0.5, 0.6) is 11.5 Å². The van der Waals surface area contributed by atoms with Crippen LogP contribution in [-0.2, 0) is 9.36 Å². The molecule has 0 heterocycles. The fourth-order valence-electron chi connectivity index (χ4n) is 2.00. The number of amides is 1. The van der Waals surface area contributed by atoms with Crippen LogP contribution in [0.25, 0.3) is 0 Å². The van der Waals surface area contributed by atoms with E-state index >= 15 is 0 Å². The highest BCUT2D eigenvalue weighted by Gasteiger charge is 2.25. The number of allylic oxidation sites excluding steroid dienone is 1. The Morgan fingerprint density at radius 2 is 1.91 bits per heavy atom. The zero-order valence-electron chi connectivity index (χ0n) is 13.2. The van der Waals surface area contributed by atoms with Gasteiger partial charge < -0.3 is 15.5 Å². The molecule has 0 aliphatic rings. The zero-order chi connectivity index (χ0) is 17.6. The SMILES string of the molecule is CCC=CCCN(c1cc(O)c(O)cc1NC(C)=O)P(N)(N)=O. The third kappa shape index (κ3) is 5.59. The van der Waals surface area contributed by atoms with Gasteiger partial charge in [-0.3, -0.25) is 25.0 Å². The van der Waals surface area contributed by atoms with Crippen LogP contribution in [0.15, 0.2) is 24.3 Å². The number of rotatable bonds is 7. The lowest BCUT2D eigenvalue weighted by atomic mass is 10.2. The van der Waals surface area contributed by atoms with E-state index in [1.165, 1.54) is 11.6 Å². The zero-order valence-corrected chi connectivity index (χ0v) is 14.1. The summed E-state index contributed by atoms with van der Waals surface area (Å²) in [5.74, 6) is -1.25. The Labute approximate surface area is 135 Å². The van der Waals surface area contributed by atoms with Crippen LogP contribution >= 0.6 is 7.59 Å². The van der Waals surface area contributed by atoms with Crippen molar-refractivity contribution < 1.29 is 19.6 Å². The highest BCUT2D eigenvalue weighted by atomic mass is 31.2. The number of carbonyl (C=O) groups excluding carboxylic acids is 1. The van der Waals surface area contributed by atoms with E-state index in [-0.39, 0.29) is 17.9 Å². The number of nitrogens with one attached hydrogen (secondary N) is 1. The van der Waals surface area contributed by atoms with Crippen LogP contribution in [-0.4, -0.2) is 22.7 Å². The van der Waals surface area contributed by atoms with E-state index in [0.29, 0.717) is 6.42 Å². The molecule has 1 aromatic rings. The Morgan fingerprint density at radius 3 is 2.43 bits per heavy atom. The normalized spacial score (nSPS) is 11.7. The maximum Gasteiger partial charge on any atom is 0.300 e. The van der Waals surface area contributed by atoms with Crippen molar-refractivity contribution in [1.82, 2.24) is 0 Å². The van der Waals surface area contributed by atoms with Crippen molar-refractivity contribution >= 4 is 24.9 Å². The molecule has 0 saturated heterocycles. The van der Waals surface area contributed by atoms with Gasteiger partial charge in [0, 0.05) is 25.6 Å². The van der Waals surface area contributed by atoms with Gasteiger partial charge in [-0.1, -0.05) is 19.1 Å². The van der Waals surface area contributed by atoms with Gasteiger partial charge in [-0.15, -0.1) is 0 Å². The first-order valence-electron chi connectivity index (χ1n) is 7.10. The molecule has 0 aliphatic heterocycles. The van der Waals surface area contributed by atoms with Gasteiger partial charge >= 0.3 is 7.59 Å². The van der Waals surface area contributed by atoms with Gasteiger partial charge in [0.05, 0.1) is 11.4 Å². The summed E-state index contributed by atoms with van der Waals surface area (Å²) in [7, 11) is -3.70. The summed E-state index contributed by atoms with van der Waals surface area (Å²) in [5.41, 5.74) is 11.5. The summed E-state index contributed by atoms with van der Waals surface area (Å²) < 4.78 is 13.4. The topological polar surface area (TPSA) is 142 Å². The smallest absolute Gasteiger partial charge is 0.300 e. The molecule has 0 aliphatic carbocycles. The number of carbonyl (C=O) groups is 1. The van der Waals surface area contributed by atoms with E-state index in [2.05, 4.69) is 5.32 Å². The summed E-state index contributed by atoms with van der Waals surface area (Å²) in [4.78, 5) is 11.3. The second-order valence-corrected chi connectivity index (χ2v) is 6.83. The average molecular weight is 342 g/mol. The third-order valence-corrected chi connectivity index (χ3v) is 4.14. The molecular formula is C14H23N4O4P. The number of phenols is 2. The fraction of sp³-hybridized carbons (Fsp3) is 0.357. The number of phenolic OH excluding ortho intramolecular Hbond substituents is 2. The monoisotopic (exact) mass is 342 g/mol. The standard InChI is InChI=1S/C14H23N4O4P/c1-3-4-5-6-7-18(23(15,16)22)12-9-14(21)13(20)8-11(12)17-10(2)19/h4-5,8-9,20-21H,3,6-7H2,1-2H3,(H,17,19)(H4,15,16,22). The minimum Gasteiger partial charge on any atom is -0.504 e. The summed E-state index contributed by atoms with van der Waals surface area (Å²) in [6.07, 6.45) is 5.22. The molecule has 0 bridgehead atoms. The number of nitrogens with two attached hydrogens (primary N) is 2. The molecule has 0 fully saturated rings. The Morgan fingerprint density at radius 1 is 1.30 bits per heavy atom. The molecule has 8 nitrogen and oxygen atoms in total. The lowest BCUT2D eigenvalue weighted by molar-refractivity contribution is -0.114. The molecule has 9 heteroatoms. The van der Waals surface area contributed by atoms with Crippen LogP contribution in [0.2, 0.25) is 0 Å². The molecule has 23 heavy (non-hydrogen) atoms. The van der Waals surface area contributed by atoms with Crippen LogP contribution in [0.1, 0.15) is 26.7 Å². The van der Waals surface area contributed by atoms with E-state index in [4.69, 9.17) is 11.0 Å². The molecule has 0 saturated carbocycles. The highest BCUT2D eigenvalue weighted by Crippen LogP contribution is 2.45. The predicted octanol–water partition coefficient (Wildman–Crippen LogP) is 2.24. The van der Waals surface area contributed by atoms with E-state index in [1.807, 2.05) is 19.1 Å². The summed E-state index contributed by atoms with van der Waals surface area (Å²) in [6, 6.07) is 2.31. The molecule has 1 aromatic carbocycles. The van der Waals surface area contributed by atoms with Gasteiger partial charge in [0.1, 0.15) is 0 Å². The first kappa shape index (κ1) is 19.0. The Balaban J connectivity index is 3.28. The number of hydrogen-bond donors (Lipinski definition) is 5. The third-order valence-electron chi connectivity index (χ3n) is 2.97. The minimum atomic E-state index is -3.70. The maximum atomic E-state index is 12.2. The fourth-order valence-corrected chi connectivity index (χ4v) is 2.93. The van der Waals surface area contributed by atoms with Crippen LogP contribution in [0.4, 0.5) is 11.4 Å². The summed E-state index contributed by atoms with van der Waals surface area (Å²) in [6.45, 7) is 3.49. The van der Waals surface area contributed by atoms with Gasteiger partial charge in [0.15, 0.2) is 11.5 Å². The van der Waals surface area contributed by atoms with E-state index in [9.17, 15) is 19.6 Å². The van der Waals surface area contributed by atoms with Crippen molar-refractivity contribution in [2.75, 3.05) is 16.5 Å². The average Bonchev–Trinajstić information content (AvgIpc) is 2.41. The quantitative estimate of drug-likeness (QED) is 0.221. The predicted molar refractivity (Wildman–Crippen MR) is 91.5 cm³/mol. The van der Waals surface area contributed by atoms with Crippen LogP contribution in [0, 0.1) is 0 Å². The summed E-state index contributed by atoms with van der Waals surface area (Å²) >= 11 is 0. The molecule has 0 spiro atoms. The Bertz CT molecular complexity index is 642. The van der Waals surface area contributed by atoms with Crippen molar-refractivity contribution in [3.05, 3.63) is 24.3 Å². The molecule has 128 valence electrons. The number of nitrogens with zero attached hydrogens (tertiary/aromatic N) is 1. The Kier molecular flexibility index (Phi) is 6.62. The first-order valence-corrected chi connectivity index (χ1v) is 8.90. The van der Waals surface area contributed by atoms with Crippen molar-refractivity contribution in [1.29, 1.82) is 0 Å². The summed E-state index contributed by atoms with van der Waals surface area (Å²) in [5, 5.41) is 21.8. The highest BCUT2D eigenvalue weighted by molar-refractivity contribution is 7.60. The van der Waals surface area contributed by atoms with Crippen molar-refractivity contribution in [3.63, 3.8) is 0 Å². The number of anilines is 2. The van der Waals surface area contributed by atoms with Gasteiger partial charge in [-0.2, -0.15) is 0 Å². The number of hydrogen-bond acceptors (Lipinski definition) is 4. The molecule has 1 rings (SSSR count). The second-order valence-electron chi connectivity index (χ2n) is 5.00. The molecule has 1 amide bonds. The molecular weight excluding hydrogens is 319 g/mol.